The van der Waals surface area contributed by atoms with Crippen LogP contribution in [0.3, 0.4) is 0 Å². The van der Waals surface area contributed by atoms with Gasteiger partial charge < -0.3 is 10.0 Å². The lowest BCUT2D eigenvalue weighted by Gasteiger charge is -2.19. The van der Waals surface area contributed by atoms with E-state index in [1.807, 2.05) is 0 Å². The highest BCUT2D eigenvalue weighted by molar-refractivity contribution is 5.82. The van der Waals surface area contributed by atoms with Gasteiger partial charge in [0.2, 0.25) is 0 Å². The van der Waals surface area contributed by atoms with Crippen LogP contribution >= 0.6 is 0 Å². The number of nitrogens with zero attached hydrogens (tertiary/aromatic N) is 1. The molecule has 2 rings (SSSR count). The van der Waals surface area contributed by atoms with Gasteiger partial charge >= 0.3 is 12.1 Å². The molecular formula is C11H10F3NO2. The lowest BCUT2D eigenvalue weighted by molar-refractivity contribution is -0.138. The smallest absolute Gasteiger partial charge is 0.416 e. The first-order valence-corrected chi connectivity index (χ1v) is 4.96. The van der Waals surface area contributed by atoms with Crippen molar-refractivity contribution in [3.63, 3.8) is 0 Å². The number of carbonyl (C=O) groups is 1. The molecule has 1 atom stereocenters. The summed E-state index contributed by atoms with van der Waals surface area (Å²) in [6.45, 7) is 0. The van der Waals surface area contributed by atoms with Crippen LogP contribution in [0.5, 0.6) is 0 Å². The number of carboxylic acids is 1. The van der Waals surface area contributed by atoms with E-state index in [2.05, 4.69) is 0 Å². The van der Waals surface area contributed by atoms with Crippen molar-refractivity contribution in [1.29, 1.82) is 0 Å². The topological polar surface area (TPSA) is 40.5 Å². The van der Waals surface area contributed by atoms with Crippen molar-refractivity contribution in [3.05, 3.63) is 29.3 Å². The summed E-state index contributed by atoms with van der Waals surface area (Å²) in [6.07, 6.45) is -4.17. The van der Waals surface area contributed by atoms with Gasteiger partial charge in [-0.1, -0.05) is 6.07 Å². The molecule has 0 fully saturated rings. The SMILES string of the molecule is CN1c2cc(C(F)(F)F)ccc2CC1C(=O)O. The molecule has 1 aliphatic rings. The van der Waals surface area contributed by atoms with E-state index in [1.165, 1.54) is 18.0 Å². The summed E-state index contributed by atoms with van der Waals surface area (Å²) in [5.41, 5.74) is 0.217. The lowest BCUT2D eigenvalue weighted by atomic mass is 10.1. The van der Waals surface area contributed by atoms with E-state index in [9.17, 15) is 18.0 Å². The van der Waals surface area contributed by atoms with Crippen molar-refractivity contribution in [2.45, 2.75) is 18.6 Å². The zero-order valence-electron chi connectivity index (χ0n) is 8.95. The largest absolute Gasteiger partial charge is 0.480 e. The molecule has 0 aromatic heterocycles. The Morgan fingerprint density at radius 3 is 2.65 bits per heavy atom. The summed E-state index contributed by atoms with van der Waals surface area (Å²) in [7, 11) is 1.49. The molecule has 0 radical (unpaired) electrons. The van der Waals surface area contributed by atoms with Gasteiger partial charge in [-0.3, -0.25) is 0 Å². The first-order chi connectivity index (χ1) is 7.80. The van der Waals surface area contributed by atoms with Gasteiger partial charge in [-0.2, -0.15) is 13.2 Å². The molecule has 92 valence electrons. The molecule has 0 saturated heterocycles. The van der Waals surface area contributed by atoms with Crippen molar-refractivity contribution in [3.8, 4) is 0 Å². The van der Waals surface area contributed by atoms with E-state index in [-0.39, 0.29) is 6.42 Å². The van der Waals surface area contributed by atoms with Crippen molar-refractivity contribution >= 4 is 11.7 Å². The van der Waals surface area contributed by atoms with E-state index < -0.39 is 23.8 Å². The van der Waals surface area contributed by atoms with E-state index in [0.29, 0.717) is 11.3 Å². The number of anilines is 1. The molecule has 1 unspecified atom stereocenters. The number of fused-ring (bicyclic) bond motifs is 1. The number of carboxylic acid groups (broad SMARTS) is 1. The molecule has 1 aromatic rings. The van der Waals surface area contributed by atoms with Crippen LogP contribution in [0.1, 0.15) is 11.1 Å². The zero-order chi connectivity index (χ0) is 12.8. The minimum Gasteiger partial charge on any atom is -0.480 e. The van der Waals surface area contributed by atoms with Gasteiger partial charge in [-0.05, 0) is 17.7 Å². The van der Waals surface area contributed by atoms with Crippen molar-refractivity contribution in [2.24, 2.45) is 0 Å². The normalized spacial score (nSPS) is 19.3. The van der Waals surface area contributed by atoms with Crippen molar-refractivity contribution in [1.82, 2.24) is 0 Å². The average Bonchev–Trinajstić information content (AvgIpc) is 2.54. The fraction of sp³-hybridized carbons (Fsp3) is 0.364. The Kier molecular flexibility index (Phi) is 2.52. The number of benzene rings is 1. The van der Waals surface area contributed by atoms with Gasteiger partial charge in [0.15, 0.2) is 0 Å². The Balaban J connectivity index is 2.41. The molecule has 0 amide bonds. The molecule has 1 aromatic carbocycles. The summed E-state index contributed by atoms with van der Waals surface area (Å²) >= 11 is 0. The number of likely N-dealkylation sites (N-methyl/N-ethyl adjacent to an activating group) is 1. The van der Waals surface area contributed by atoms with Gasteiger partial charge in [-0.15, -0.1) is 0 Å². The summed E-state index contributed by atoms with van der Waals surface area (Å²) in [4.78, 5) is 12.3. The second-order valence-electron chi connectivity index (χ2n) is 4.01. The fourth-order valence-electron chi connectivity index (χ4n) is 2.01. The standard InChI is InChI=1S/C11H10F3NO2/c1-15-8-5-7(11(12,13)14)3-2-6(8)4-9(15)10(16)17/h2-3,5,9H,4H2,1H3,(H,16,17). The zero-order valence-corrected chi connectivity index (χ0v) is 8.95. The highest BCUT2D eigenvalue weighted by Crippen LogP contribution is 2.37. The third-order valence-corrected chi connectivity index (χ3v) is 2.96. The lowest BCUT2D eigenvalue weighted by Crippen LogP contribution is -2.35. The minimum absolute atomic E-state index is 0.235. The second-order valence-corrected chi connectivity index (χ2v) is 4.01. The third-order valence-electron chi connectivity index (χ3n) is 2.96. The third kappa shape index (κ3) is 1.94. The van der Waals surface area contributed by atoms with Crippen LogP contribution in [-0.2, 0) is 17.4 Å². The van der Waals surface area contributed by atoms with E-state index in [0.717, 1.165) is 12.1 Å². The maximum atomic E-state index is 12.5. The van der Waals surface area contributed by atoms with E-state index in [4.69, 9.17) is 5.11 Å². The second kappa shape index (κ2) is 3.65. The number of halogens is 3. The maximum Gasteiger partial charge on any atom is 0.416 e. The predicted octanol–water partition coefficient (Wildman–Crippen LogP) is 2.15. The molecule has 1 heterocycles. The number of alkyl halides is 3. The summed E-state index contributed by atoms with van der Waals surface area (Å²) in [6, 6.07) is 2.54. The molecule has 0 saturated carbocycles. The molecule has 3 nitrogen and oxygen atoms in total. The molecule has 6 heteroatoms. The van der Waals surface area contributed by atoms with Crippen molar-refractivity contribution in [2.75, 3.05) is 11.9 Å². The summed E-state index contributed by atoms with van der Waals surface area (Å²) < 4.78 is 37.5. The predicted molar refractivity (Wildman–Crippen MR) is 55.0 cm³/mol. The van der Waals surface area contributed by atoms with Crippen LogP contribution in [0.2, 0.25) is 0 Å². The molecular weight excluding hydrogens is 235 g/mol. The van der Waals surface area contributed by atoms with Gasteiger partial charge in [0, 0.05) is 19.2 Å². The van der Waals surface area contributed by atoms with Gasteiger partial charge in [0.1, 0.15) is 6.04 Å². The van der Waals surface area contributed by atoms with Crippen LogP contribution in [0, 0.1) is 0 Å². The number of rotatable bonds is 1. The maximum absolute atomic E-state index is 12.5. The Bertz CT molecular complexity index is 470. The number of hydrogen-bond donors (Lipinski definition) is 1. The van der Waals surface area contributed by atoms with Gasteiger partial charge in [0.05, 0.1) is 5.56 Å². The van der Waals surface area contributed by atoms with Crippen LogP contribution in [0.25, 0.3) is 0 Å². The minimum atomic E-state index is -4.41. The Labute approximate surface area is 95.5 Å². The quantitative estimate of drug-likeness (QED) is 0.824. The highest BCUT2D eigenvalue weighted by atomic mass is 19.4. The molecule has 1 aliphatic heterocycles. The van der Waals surface area contributed by atoms with Crippen LogP contribution < -0.4 is 4.90 Å². The van der Waals surface area contributed by atoms with Crippen LogP contribution in [-0.4, -0.2) is 24.2 Å². The van der Waals surface area contributed by atoms with Gasteiger partial charge in [-0.25, -0.2) is 4.79 Å². The van der Waals surface area contributed by atoms with E-state index >= 15 is 0 Å². The first-order valence-electron chi connectivity index (χ1n) is 4.96. The molecule has 0 bridgehead atoms. The highest BCUT2D eigenvalue weighted by Gasteiger charge is 2.36. The Hall–Kier alpha value is -1.72. The van der Waals surface area contributed by atoms with Crippen LogP contribution in [0.15, 0.2) is 18.2 Å². The monoisotopic (exact) mass is 245 g/mol. The molecule has 0 aliphatic carbocycles. The average molecular weight is 245 g/mol. The first kappa shape index (κ1) is 11.8. The van der Waals surface area contributed by atoms with Crippen LogP contribution in [0.4, 0.5) is 18.9 Å². The molecule has 17 heavy (non-hydrogen) atoms. The summed E-state index contributed by atoms with van der Waals surface area (Å²) in [5, 5.41) is 8.92. The van der Waals surface area contributed by atoms with Crippen molar-refractivity contribution < 1.29 is 23.1 Å². The van der Waals surface area contributed by atoms with Gasteiger partial charge in [0.25, 0.3) is 0 Å². The fourth-order valence-corrected chi connectivity index (χ4v) is 2.01. The Morgan fingerprint density at radius 2 is 2.12 bits per heavy atom. The molecule has 0 spiro atoms. The number of aliphatic carboxylic acids is 1. The van der Waals surface area contributed by atoms with E-state index in [1.54, 1.807) is 0 Å². The number of hydrogen-bond acceptors (Lipinski definition) is 2. The molecule has 1 N–H and O–H groups in total. The Morgan fingerprint density at radius 1 is 1.47 bits per heavy atom. The summed E-state index contributed by atoms with van der Waals surface area (Å²) in [5.74, 6) is -1.03.